The van der Waals surface area contributed by atoms with E-state index >= 15 is 0 Å². The van der Waals surface area contributed by atoms with Gasteiger partial charge >= 0.3 is 5.97 Å². The molecule has 0 saturated heterocycles. The lowest BCUT2D eigenvalue weighted by Gasteiger charge is -2.16. The number of nitrogens with zero attached hydrogens (tertiary/aromatic N) is 1. The lowest BCUT2D eigenvalue weighted by molar-refractivity contribution is -0.150. The molecule has 1 aromatic rings. The van der Waals surface area contributed by atoms with Crippen LogP contribution in [0, 0.1) is 0 Å². The van der Waals surface area contributed by atoms with E-state index in [1.54, 1.807) is 18.2 Å². The van der Waals surface area contributed by atoms with E-state index in [-0.39, 0.29) is 0 Å². The van der Waals surface area contributed by atoms with Crippen LogP contribution in [0.4, 0.5) is 5.69 Å². The van der Waals surface area contributed by atoms with E-state index < -0.39 is 12.1 Å². The lowest BCUT2D eigenvalue weighted by Crippen LogP contribution is -2.14. The Labute approximate surface area is 99.4 Å². The summed E-state index contributed by atoms with van der Waals surface area (Å²) in [5.74, 6) is -0.700. The van der Waals surface area contributed by atoms with Crippen molar-refractivity contribution in [3.8, 4) is 0 Å². The van der Waals surface area contributed by atoms with E-state index in [0.717, 1.165) is 5.69 Å². The number of ether oxygens (including phenoxy) is 1. The van der Waals surface area contributed by atoms with E-state index in [4.69, 9.17) is 11.6 Å². The topological polar surface area (TPSA) is 49.8 Å². The third kappa shape index (κ3) is 2.65. The van der Waals surface area contributed by atoms with Crippen molar-refractivity contribution >= 4 is 23.3 Å². The molecular formula is C11H14ClNO3. The highest BCUT2D eigenvalue weighted by Gasteiger charge is 2.18. The molecule has 0 aliphatic heterocycles. The molecule has 1 atom stereocenters. The van der Waals surface area contributed by atoms with Gasteiger partial charge in [0.15, 0.2) is 6.10 Å². The highest BCUT2D eigenvalue weighted by atomic mass is 35.5. The summed E-state index contributed by atoms with van der Waals surface area (Å²) < 4.78 is 4.44. The van der Waals surface area contributed by atoms with Gasteiger partial charge < -0.3 is 14.7 Å². The third-order valence-electron chi connectivity index (χ3n) is 2.19. The Balaban J connectivity index is 3.01. The summed E-state index contributed by atoms with van der Waals surface area (Å²) >= 11 is 6.01. The molecule has 4 nitrogen and oxygen atoms in total. The molecule has 0 heterocycles. The Morgan fingerprint density at radius 1 is 1.50 bits per heavy atom. The second-order valence-corrected chi connectivity index (χ2v) is 3.94. The number of benzene rings is 1. The van der Waals surface area contributed by atoms with Crippen LogP contribution in [0.5, 0.6) is 0 Å². The number of rotatable bonds is 3. The Kier molecular flexibility index (Phi) is 4.15. The molecule has 0 aliphatic rings. The molecule has 0 amide bonds. The van der Waals surface area contributed by atoms with Crippen LogP contribution in [0.1, 0.15) is 11.7 Å². The molecule has 0 saturated carbocycles. The number of aliphatic hydroxyl groups excluding tert-OH is 1. The van der Waals surface area contributed by atoms with Gasteiger partial charge in [0.1, 0.15) is 0 Å². The first-order valence-electron chi connectivity index (χ1n) is 4.70. The molecule has 1 N–H and O–H groups in total. The molecule has 16 heavy (non-hydrogen) atoms. The number of methoxy groups -OCH3 is 1. The van der Waals surface area contributed by atoms with Crippen molar-refractivity contribution in [1.29, 1.82) is 0 Å². The minimum atomic E-state index is -1.29. The molecule has 88 valence electrons. The van der Waals surface area contributed by atoms with Crippen molar-refractivity contribution in [3.63, 3.8) is 0 Å². The van der Waals surface area contributed by atoms with E-state index in [2.05, 4.69) is 4.74 Å². The fourth-order valence-electron chi connectivity index (χ4n) is 1.30. The van der Waals surface area contributed by atoms with Crippen molar-refractivity contribution in [2.24, 2.45) is 0 Å². The normalized spacial score (nSPS) is 12.1. The van der Waals surface area contributed by atoms with Gasteiger partial charge in [0.05, 0.1) is 17.8 Å². The molecule has 0 bridgehead atoms. The van der Waals surface area contributed by atoms with Gasteiger partial charge in [0.25, 0.3) is 0 Å². The SMILES string of the molecule is COC(=O)C(O)c1ccc(N(C)C)c(Cl)c1. The van der Waals surface area contributed by atoms with Crippen LogP contribution in [-0.4, -0.2) is 32.3 Å². The molecule has 0 spiro atoms. The van der Waals surface area contributed by atoms with Gasteiger partial charge in [-0.15, -0.1) is 0 Å². The fraction of sp³-hybridized carbons (Fsp3) is 0.364. The quantitative estimate of drug-likeness (QED) is 0.820. The van der Waals surface area contributed by atoms with Gasteiger partial charge in [-0.2, -0.15) is 0 Å². The maximum Gasteiger partial charge on any atom is 0.339 e. The smallest absolute Gasteiger partial charge is 0.339 e. The summed E-state index contributed by atoms with van der Waals surface area (Å²) in [5.41, 5.74) is 1.24. The number of carbonyl (C=O) groups is 1. The highest BCUT2D eigenvalue weighted by Crippen LogP contribution is 2.28. The number of aliphatic hydroxyl groups is 1. The van der Waals surface area contributed by atoms with E-state index in [1.807, 2.05) is 19.0 Å². The van der Waals surface area contributed by atoms with Gasteiger partial charge in [-0.3, -0.25) is 0 Å². The Morgan fingerprint density at radius 2 is 2.12 bits per heavy atom. The van der Waals surface area contributed by atoms with Gasteiger partial charge in [-0.25, -0.2) is 4.79 Å². The second-order valence-electron chi connectivity index (χ2n) is 3.53. The zero-order valence-corrected chi connectivity index (χ0v) is 10.2. The summed E-state index contributed by atoms with van der Waals surface area (Å²) in [6.07, 6.45) is -1.29. The first kappa shape index (κ1) is 12.8. The van der Waals surface area contributed by atoms with Crippen molar-refractivity contribution in [1.82, 2.24) is 0 Å². The molecular weight excluding hydrogens is 230 g/mol. The zero-order chi connectivity index (χ0) is 12.3. The van der Waals surface area contributed by atoms with Crippen molar-refractivity contribution in [3.05, 3.63) is 28.8 Å². The maximum atomic E-state index is 11.1. The average molecular weight is 244 g/mol. The fourth-order valence-corrected chi connectivity index (χ4v) is 1.66. The number of hydrogen-bond acceptors (Lipinski definition) is 4. The largest absolute Gasteiger partial charge is 0.467 e. The molecule has 0 radical (unpaired) electrons. The van der Waals surface area contributed by atoms with Crippen molar-refractivity contribution in [2.45, 2.75) is 6.10 Å². The maximum absolute atomic E-state index is 11.1. The first-order chi connectivity index (χ1) is 7.47. The predicted molar refractivity (Wildman–Crippen MR) is 62.8 cm³/mol. The Bertz CT molecular complexity index is 393. The summed E-state index contributed by atoms with van der Waals surface area (Å²) in [5, 5.41) is 10.1. The number of esters is 1. The van der Waals surface area contributed by atoms with E-state index in [1.165, 1.54) is 7.11 Å². The molecule has 0 fully saturated rings. The van der Waals surface area contributed by atoms with Crippen molar-refractivity contribution < 1.29 is 14.6 Å². The van der Waals surface area contributed by atoms with Crippen LogP contribution in [0.2, 0.25) is 5.02 Å². The lowest BCUT2D eigenvalue weighted by atomic mass is 10.1. The molecule has 0 aliphatic carbocycles. The van der Waals surface area contributed by atoms with Crippen LogP contribution >= 0.6 is 11.6 Å². The summed E-state index contributed by atoms with van der Waals surface area (Å²) in [6, 6.07) is 4.94. The Hall–Kier alpha value is -1.26. The first-order valence-corrected chi connectivity index (χ1v) is 5.08. The van der Waals surface area contributed by atoms with Crippen LogP contribution in [0.25, 0.3) is 0 Å². The van der Waals surface area contributed by atoms with Gasteiger partial charge in [-0.05, 0) is 17.7 Å². The number of anilines is 1. The molecule has 0 aromatic heterocycles. The highest BCUT2D eigenvalue weighted by molar-refractivity contribution is 6.33. The van der Waals surface area contributed by atoms with E-state index in [0.29, 0.717) is 10.6 Å². The zero-order valence-electron chi connectivity index (χ0n) is 9.40. The molecule has 1 unspecified atom stereocenters. The number of carbonyl (C=O) groups excluding carboxylic acids is 1. The average Bonchev–Trinajstić information content (AvgIpc) is 2.26. The minimum absolute atomic E-state index is 0.419. The van der Waals surface area contributed by atoms with Crippen LogP contribution in [-0.2, 0) is 9.53 Å². The van der Waals surface area contributed by atoms with Crippen LogP contribution in [0.15, 0.2) is 18.2 Å². The minimum Gasteiger partial charge on any atom is -0.467 e. The van der Waals surface area contributed by atoms with Crippen LogP contribution < -0.4 is 4.90 Å². The number of halogens is 1. The van der Waals surface area contributed by atoms with E-state index in [9.17, 15) is 9.90 Å². The predicted octanol–water partition coefficient (Wildman–Crippen LogP) is 1.61. The molecule has 1 aromatic carbocycles. The molecule has 5 heteroatoms. The third-order valence-corrected chi connectivity index (χ3v) is 2.50. The van der Waals surface area contributed by atoms with Gasteiger partial charge in [0.2, 0.25) is 0 Å². The summed E-state index contributed by atoms with van der Waals surface area (Å²) in [7, 11) is 4.94. The van der Waals surface area contributed by atoms with Crippen LogP contribution in [0.3, 0.4) is 0 Å². The summed E-state index contributed by atoms with van der Waals surface area (Å²) in [4.78, 5) is 13.0. The number of hydrogen-bond donors (Lipinski definition) is 1. The van der Waals surface area contributed by atoms with Crippen molar-refractivity contribution in [2.75, 3.05) is 26.1 Å². The summed E-state index contributed by atoms with van der Waals surface area (Å²) in [6.45, 7) is 0. The Morgan fingerprint density at radius 3 is 2.56 bits per heavy atom. The van der Waals surface area contributed by atoms with Gasteiger partial charge in [-0.1, -0.05) is 17.7 Å². The second kappa shape index (κ2) is 5.18. The standard InChI is InChI=1S/C11H14ClNO3/c1-13(2)9-5-4-7(6-8(9)12)10(14)11(15)16-3/h4-6,10,14H,1-3H3. The van der Waals surface area contributed by atoms with Gasteiger partial charge in [0, 0.05) is 14.1 Å². The monoisotopic (exact) mass is 243 g/mol. The molecule has 1 rings (SSSR count).